The Hall–Kier alpha value is -2.62. The number of aliphatic hydroxyl groups is 1. The molecule has 2 aliphatic rings. The molecule has 0 aromatic carbocycles. The van der Waals surface area contributed by atoms with Gasteiger partial charge >= 0.3 is 6.03 Å². The summed E-state index contributed by atoms with van der Waals surface area (Å²) in [5.74, 6) is -1.18. The van der Waals surface area contributed by atoms with Crippen molar-refractivity contribution in [3.05, 3.63) is 12.7 Å². The largest absolute Gasteiger partial charge is 0.381 e. The van der Waals surface area contributed by atoms with Crippen molar-refractivity contribution in [2.45, 2.75) is 78.6 Å². The van der Waals surface area contributed by atoms with E-state index in [1.807, 2.05) is 27.7 Å². The average Bonchev–Trinajstić information content (AvgIpc) is 3.12. The third-order valence-electron chi connectivity index (χ3n) is 7.37. The van der Waals surface area contributed by atoms with Gasteiger partial charge in [-0.05, 0) is 29.1 Å². The quantitative estimate of drug-likeness (QED) is 0.286. The number of aliphatic hydroxyl groups excluding tert-OH is 1. The minimum Gasteiger partial charge on any atom is -0.381 e. The summed E-state index contributed by atoms with van der Waals surface area (Å²) in [6.07, 6.45) is 1.12. The lowest BCUT2D eigenvalue weighted by Crippen LogP contribution is -2.61. The molecule has 10 heteroatoms. The molecular formula is C25H43N5O5. The maximum absolute atomic E-state index is 13.7. The molecule has 0 aromatic rings. The second-order valence-electron chi connectivity index (χ2n) is 11.3. The van der Waals surface area contributed by atoms with Crippen molar-refractivity contribution < 1.29 is 24.3 Å². The van der Waals surface area contributed by atoms with Gasteiger partial charge in [-0.1, -0.05) is 54.0 Å². The summed E-state index contributed by atoms with van der Waals surface area (Å²) in [4.78, 5) is 53.2. The van der Waals surface area contributed by atoms with Crippen molar-refractivity contribution in [3.63, 3.8) is 0 Å². The molecule has 0 radical (unpaired) electrons. The highest BCUT2D eigenvalue weighted by molar-refractivity contribution is 5.94. The van der Waals surface area contributed by atoms with Gasteiger partial charge in [0, 0.05) is 20.1 Å². The van der Waals surface area contributed by atoms with Crippen molar-refractivity contribution in [3.8, 4) is 0 Å². The van der Waals surface area contributed by atoms with Crippen molar-refractivity contribution in [1.29, 1.82) is 0 Å². The van der Waals surface area contributed by atoms with Gasteiger partial charge in [-0.2, -0.15) is 0 Å². The van der Waals surface area contributed by atoms with Crippen molar-refractivity contribution >= 4 is 23.8 Å². The Kier molecular flexibility index (Phi) is 8.97. The lowest BCUT2D eigenvalue weighted by Gasteiger charge is -2.38. The molecule has 0 bridgehead atoms. The number of nitrogens with zero attached hydrogens (tertiary/aromatic N) is 1. The van der Waals surface area contributed by atoms with E-state index in [1.165, 1.54) is 13.1 Å². The second kappa shape index (κ2) is 11.0. The summed E-state index contributed by atoms with van der Waals surface area (Å²) >= 11 is 0. The molecule has 1 saturated heterocycles. The van der Waals surface area contributed by atoms with Crippen molar-refractivity contribution in [2.24, 2.45) is 22.7 Å². The van der Waals surface area contributed by atoms with Gasteiger partial charge in [0.1, 0.15) is 12.1 Å². The normalized spacial score (nSPS) is 24.9. The Morgan fingerprint density at radius 1 is 1.20 bits per heavy atom. The Balaban J connectivity index is 2.28. The minimum absolute atomic E-state index is 0.0407. The molecule has 1 heterocycles. The maximum atomic E-state index is 13.7. The van der Waals surface area contributed by atoms with Crippen LogP contribution in [0, 0.1) is 22.7 Å². The topological polar surface area (TPSA) is 140 Å². The number of fused-ring (bicyclic) bond motifs is 1. The maximum Gasteiger partial charge on any atom is 0.315 e. The monoisotopic (exact) mass is 493 g/mol. The Labute approximate surface area is 208 Å². The molecule has 0 spiro atoms. The molecule has 35 heavy (non-hydrogen) atoms. The number of urea groups is 1. The van der Waals surface area contributed by atoms with E-state index in [9.17, 15) is 24.3 Å². The Morgan fingerprint density at radius 2 is 1.83 bits per heavy atom. The molecule has 5 N–H and O–H groups in total. The predicted molar refractivity (Wildman–Crippen MR) is 133 cm³/mol. The van der Waals surface area contributed by atoms with E-state index in [1.54, 1.807) is 4.90 Å². The van der Waals surface area contributed by atoms with Crippen LogP contribution in [-0.2, 0) is 14.4 Å². The van der Waals surface area contributed by atoms with Gasteiger partial charge in [0.15, 0.2) is 6.10 Å². The molecule has 6 atom stereocenters. The zero-order chi connectivity index (χ0) is 26.7. The molecule has 2 rings (SSSR count). The molecule has 5 amide bonds. The lowest BCUT2D eigenvalue weighted by atomic mass is 9.85. The first-order chi connectivity index (χ1) is 16.2. The van der Waals surface area contributed by atoms with E-state index in [0.717, 1.165) is 0 Å². The predicted octanol–water partition coefficient (Wildman–Crippen LogP) is 0.761. The summed E-state index contributed by atoms with van der Waals surface area (Å²) < 4.78 is 0. The Morgan fingerprint density at radius 3 is 2.34 bits per heavy atom. The molecule has 2 fully saturated rings. The molecule has 198 valence electrons. The van der Waals surface area contributed by atoms with Crippen LogP contribution in [0.4, 0.5) is 4.79 Å². The molecular weight excluding hydrogens is 450 g/mol. The van der Waals surface area contributed by atoms with Gasteiger partial charge in [0.2, 0.25) is 11.8 Å². The van der Waals surface area contributed by atoms with Crippen LogP contribution < -0.4 is 21.3 Å². The number of nitrogens with one attached hydrogen (secondary N) is 4. The van der Waals surface area contributed by atoms with E-state index >= 15 is 0 Å². The minimum atomic E-state index is -1.43. The van der Waals surface area contributed by atoms with E-state index in [2.05, 4.69) is 41.7 Å². The molecule has 1 aliphatic heterocycles. The van der Waals surface area contributed by atoms with Crippen LogP contribution >= 0.6 is 0 Å². The van der Waals surface area contributed by atoms with E-state index in [-0.39, 0.29) is 29.7 Å². The average molecular weight is 494 g/mol. The first kappa shape index (κ1) is 28.6. The highest BCUT2D eigenvalue weighted by Gasteiger charge is 2.69. The zero-order valence-electron chi connectivity index (χ0n) is 22.1. The number of carbonyl (C=O) groups is 4. The molecule has 0 aromatic heterocycles. The first-order valence-corrected chi connectivity index (χ1v) is 12.4. The van der Waals surface area contributed by atoms with Gasteiger partial charge < -0.3 is 31.3 Å². The SMILES string of the molecule is C=CCNC(=O)C(O)C(CCC)NC(=O)[C@@H]1[C@@H]2[C@H](CN1C(=O)[C@@H](NC(=O)NC)C(C)(C)C)C2(C)C. The van der Waals surface area contributed by atoms with Crippen LogP contribution in [0.5, 0.6) is 0 Å². The number of carbonyl (C=O) groups excluding carboxylic acids is 4. The lowest BCUT2D eigenvalue weighted by molar-refractivity contribution is -0.144. The standard InChI is InChI=1S/C25H43N5O5/c1-9-11-15(18(31)21(33)27-12-10-2)28-20(32)17-16-14(25(16,6)7)13-30(17)22(34)19(24(3,4)5)29-23(35)26-8/h10,14-19,31H,2,9,11-13H2,1,3-8H3,(H,27,33)(H,28,32)(H2,26,29,35)/t14-,15?,16-,17-,18?,19+/m0/s1. The Bertz CT molecular complexity index is 837. The number of likely N-dealkylation sites (tertiary alicyclic amines) is 1. The third-order valence-corrected chi connectivity index (χ3v) is 7.37. The van der Waals surface area contributed by atoms with Crippen LogP contribution in [0.3, 0.4) is 0 Å². The number of amides is 5. The number of hydrogen-bond acceptors (Lipinski definition) is 5. The van der Waals surface area contributed by atoms with Crippen LogP contribution in [0.1, 0.15) is 54.4 Å². The van der Waals surface area contributed by atoms with Gasteiger partial charge in [0.25, 0.3) is 5.91 Å². The molecule has 1 aliphatic carbocycles. The third kappa shape index (κ3) is 6.15. The summed E-state index contributed by atoms with van der Waals surface area (Å²) in [5, 5.41) is 21.2. The second-order valence-corrected chi connectivity index (χ2v) is 11.3. The molecule has 1 saturated carbocycles. The fourth-order valence-corrected chi connectivity index (χ4v) is 5.18. The van der Waals surface area contributed by atoms with Gasteiger partial charge in [0.05, 0.1) is 6.04 Å². The summed E-state index contributed by atoms with van der Waals surface area (Å²) in [6.45, 7) is 15.8. The number of piperidine rings is 1. The summed E-state index contributed by atoms with van der Waals surface area (Å²) in [5.41, 5.74) is -0.693. The van der Waals surface area contributed by atoms with Crippen LogP contribution in [-0.4, -0.2) is 78.1 Å². The van der Waals surface area contributed by atoms with Gasteiger partial charge in [-0.3, -0.25) is 14.4 Å². The number of hydrogen-bond donors (Lipinski definition) is 5. The summed E-state index contributed by atoms with van der Waals surface area (Å²) in [7, 11) is 1.48. The summed E-state index contributed by atoms with van der Waals surface area (Å²) in [6, 6.07) is -2.85. The first-order valence-electron chi connectivity index (χ1n) is 12.4. The molecule has 2 unspecified atom stereocenters. The van der Waals surface area contributed by atoms with Crippen LogP contribution in [0.25, 0.3) is 0 Å². The van der Waals surface area contributed by atoms with Crippen LogP contribution in [0.15, 0.2) is 12.7 Å². The zero-order valence-corrected chi connectivity index (χ0v) is 22.1. The highest BCUT2D eigenvalue weighted by atomic mass is 16.3. The fraction of sp³-hybridized carbons (Fsp3) is 0.760. The van der Waals surface area contributed by atoms with E-state index in [4.69, 9.17) is 0 Å². The van der Waals surface area contributed by atoms with Gasteiger partial charge in [-0.25, -0.2) is 4.79 Å². The van der Waals surface area contributed by atoms with Crippen molar-refractivity contribution in [1.82, 2.24) is 26.2 Å². The molecule has 10 nitrogen and oxygen atoms in total. The smallest absolute Gasteiger partial charge is 0.315 e. The number of rotatable bonds is 10. The fourth-order valence-electron chi connectivity index (χ4n) is 5.18. The van der Waals surface area contributed by atoms with Crippen molar-refractivity contribution in [2.75, 3.05) is 20.1 Å². The van der Waals surface area contributed by atoms with E-state index in [0.29, 0.717) is 19.4 Å². The highest BCUT2D eigenvalue weighted by Crippen LogP contribution is 2.65. The van der Waals surface area contributed by atoms with Crippen LogP contribution in [0.2, 0.25) is 0 Å². The van der Waals surface area contributed by atoms with Gasteiger partial charge in [-0.15, -0.1) is 6.58 Å². The van der Waals surface area contributed by atoms with E-state index < -0.39 is 47.5 Å².